The predicted octanol–water partition coefficient (Wildman–Crippen LogP) is 1.19. The van der Waals surface area contributed by atoms with Gasteiger partial charge in [-0.2, -0.15) is 0 Å². The molecule has 0 radical (unpaired) electrons. The molecule has 0 bridgehead atoms. The van der Waals surface area contributed by atoms with Crippen LogP contribution < -0.4 is 20.9 Å². The van der Waals surface area contributed by atoms with Crippen LogP contribution in [0.5, 0.6) is 0 Å². The van der Waals surface area contributed by atoms with Gasteiger partial charge in [0.1, 0.15) is 6.04 Å². The first-order valence-electron chi connectivity index (χ1n) is 12.1. The third-order valence-corrected chi connectivity index (χ3v) is 7.00. The van der Waals surface area contributed by atoms with Gasteiger partial charge in [-0.15, -0.1) is 0 Å². The molecule has 3 heterocycles. The second kappa shape index (κ2) is 9.95. The number of fused-ring (bicyclic) bond motifs is 1. The Morgan fingerprint density at radius 2 is 1.79 bits per heavy atom. The standard InChI is InChI=1S/C26H31N5O3/c32-24-9-8-23(25(33)29-24)31-17-22-19(2-1-3-21(22)26(31)34)16-28-11-10-18-4-6-20(7-5-18)30-14-12-27-13-15-30/h1-7,23,27-28H,8-17H2,(H,29,32,33). The number of piperidine rings is 1. The molecule has 3 N–H and O–H groups in total. The molecule has 2 aromatic carbocycles. The number of carbonyl (C=O) groups is 3. The zero-order chi connectivity index (χ0) is 23.5. The van der Waals surface area contributed by atoms with Crippen LogP contribution in [0, 0.1) is 0 Å². The van der Waals surface area contributed by atoms with Gasteiger partial charge in [0.05, 0.1) is 0 Å². The van der Waals surface area contributed by atoms with E-state index in [-0.39, 0.29) is 24.1 Å². The lowest BCUT2D eigenvalue weighted by Crippen LogP contribution is -2.52. The summed E-state index contributed by atoms with van der Waals surface area (Å²) >= 11 is 0. The van der Waals surface area contributed by atoms with Crippen LogP contribution in [-0.4, -0.2) is 61.4 Å². The second-order valence-corrected chi connectivity index (χ2v) is 9.17. The number of amides is 3. The quantitative estimate of drug-likeness (QED) is 0.424. The molecule has 3 amide bonds. The summed E-state index contributed by atoms with van der Waals surface area (Å²) in [6, 6.07) is 14.0. The Labute approximate surface area is 199 Å². The molecule has 178 valence electrons. The van der Waals surface area contributed by atoms with Gasteiger partial charge in [0.2, 0.25) is 11.8 Å². The van der Waals surface area contributed by atoms with E-state index in [9.17, 15) is 14.4 Å². The molecule has 3 aliphatic heterocycles. The van der Waals surface area contributed by atoms with Crippen LogP contribution >= 0.6 is 0 Å². The topological polar surface area (TPSA) is 93.8 Å². The van der Waals surface area contributed by atoms with E-state index in [1.54, 1.807) is 4.90 Å². The molecule has 1 atom stereocenters. The number of rotatable bonds is 7. The van der Waals surface area contributed by atoms with Crippen LogP contribution in [-0.2, 0) is 29.1 Å². The number of imide groups is 1. The first kappa shape index (κ1) is 22.6. The molecule has 0 aromatic heterocycles. The SMILES string of the molecule is O=C1CCC(N2Cc3c(CNCCc4ccc(N5CCNCC5)cc4)cccc3C2=O)C(=O)N1. The normalized spacial score (nSPS) is 20.5. The van der Waals surface area contributed by atoms with Gasteiger partial charge < -0.3 is 20.4 Å². The number of nitrogens with one attached hydrogen (secondary N) is 3. The third-order valence-electron chi connectivity index (χ3n) is 7.00. The summed E-state index contributed by atoms with van der Waals surface area (Å²) in [5, 5.41) is 9.25. The lowest BCUT2D eigenvalue weighted by molar-refractivity contribution is -0.136. The highest BCUT2D eigenvalue weighted by atomic mass is 16.2. The molecule has 2 fully saturated rings. The van der Waals surface area contributed by atoms with Gasteiger partial charge in [-0.3, -0.25) is 19.7 Å². The highest BCUT2D eigenvalue weighted by molar-refractivity contribution is 6.05. The maximum atomic E-state index is 13.0. The van der Waals surface area contributed by atoms with Crippen LogP contribution in [0.25, 0.3) is 0 Å². The van der Waals surface area contributed by atoms with Crippen molar-refractivity contribution in [3.05, 3.63) is 64.7 Å². The van der Waals surface area contributed by atoms with Crippen molar-refractivity contribution in [2.24, 2.45) is 0 Å². The van der Waals surface area contributed by atoms with Crippen molar-refractivity contribution >= 4 is 23.4 Å². The second-order valence-electron chi connectivity index (χ2n) is 9.17. The Kier molecular flexibility index (Phi) is 6.60. The minimum absolute atomic E-state index is 0.129. The monoisotopic (exact) mass is 461 g/mol. The van der Waals surface area contributed by atoms with Crippen LogP contribution in [0.2, 0.25) is 0 Å². The average molecular weight is 462 g/mol. The van der Waals surface area contributed by atoms with Gasteiger partial charge in [0.25, 0.3) is 5.91 Å². The molecular formula is C26H31N5O3. The van der Waals surface area contributed by atoms with E-state index in [1.807, 2.05) is 18.2 Å². The molecule has 8 heteroatoms. The van der Waals surface area contributed by atoms with Crippen molar-refractivity contribution in [1.82, 2.24) is 20.9 Å². The van der Waals surface area contributed by atoms with Crippen molar-refractivity contribution in [2.75, 3.05) is 37.6 Å². The summed E-state index contributed by atoms with van der Waals surface area (Å²) in [4.78, 5) is 40.7. The van der Waals surface area contributed by atoms with Gasteiger partial charge >= 0.3 is 0 Å². The van der Waals surface area contributed by atoms with Gasteiger partial charge in [-0.05, 0) is 54.3 Å². The largest absolute Gasteiger partial charge is 0.369 e. The van der Waals surface area contributed by atoms with Crippen LogP contribution in [0.3, 0.4) is 0 Å². The van der Waals surface area contributed by atoms with Crippen molar-refractivity contribution in [3.8, 4) is 0 Å². The number of benzene rings is 2. The fraction of sp³-hybridized carbons (Fsp3) is 0.423. The molecule has 0 aliphatic carbocycles. The van der Waals surface area contributed by atoms with E-state index in [1.165, 1.54) is 11.3 Å². The molecule has 0 spiro atoms. The van der Waals surface area contributed by atoms with Crippen molar-refractivity contribution < 1.29 is 14.4 Å². The van der Waals surface area contributed by atoms with Gasteiger partial charge in [0.15, 0.2) is 0 Å². The van der Waals surface area contributed by atoms with E-state index < -0.39 is 6.04 Å². The summed E-state index contributed by atoms with van der Waals surface area (Å²) < 4.78 is 0. The zero-order valence-electron chi connectivity index (χ0n) is 19.3. The highest BCUT2D eigenvalue weighted by Gasteiger charge is 2.39. The maximum absolute atomic E-state index is 13.0. The smallest absolute Gasteiger partial charge is 0.255 e. The number of nitrogens with zero attached hydrogens (tertiary/aromatic N) is 2. The molecule has 8 nitrogen and oxygen atoms in total. The summed E-state index contributed by atoms with van der Waals surface area (Å²) in [6.07, 6.45) is 1.57. The predicted molar refractivity (Wildman–Crippen MR) is 129 cm³/mol. The minimum atomic E-state index is -0.581. The maximum Gasteiger partial charge on any atom is 0.255 e. The fourth-order valence-electron chi connectivity index (χ4n) is 5.07. The van der Waals surface area contributed by atoms with E-state index in [2.05, 4.69) is 45.1 Å². The summed E-state index contributed by atoms with van der Waals surface area (Å²) in [6.45, 7) is 6.07. The lowest BCUT2D eigenvalue weighted by atomic mass is 10.0. The van der Waals surface area contributed by atoms with E-state index in [4.69, 9.17) is 0 Å². The molecule has 1 unspecified atom stereocenters. The number of hydrogen-bond acceptors (Lipinski definition) is 6. The first-order valence-corrected chi connectivity index (χ1v) is 12.1. The van der Waals surface area contributed by atoms with Crippen LogP contribution in [0.4, 0.5) is 5.69 Å². The Morgan fingerprint density at radius 3 is 2.56 bits per heavy atom. The van der Waals surface area contributed by atoms with Crippen molar-refractivity contribution in [2.45, 2.75) is 38.4 Å². The van der Waals surface area contributed by atoms with E-state index in [0.29, 0.717) is 25.1 Å². The van der Waals surface area contributed by atoms with E-state index in [0.717, 1.165) is 50.3 Å². The average Bonchev–Trinajstić information content (AvgIpc) is 3.20. The minimum Gasteiger partial charge on any atom is -0.369 e. The summed E-state index contributed by atoms with van der Waals surface area (Å²) in [5.41, 5.74) is 5.29. The first-order chi connectivity index (χ1) is 16.6. The molecule has 34 heavy (non-hydrogen) atoms. The fourth-order valence-corrected chi connectivity index (χ4v) is 5.07. The van der Waals surface area contributed by atoms with Gasteiger partial charge in [0, 0.05) is 56.9 Å². The Hall–Kier alpha value is -3.23. The Balaban J connectivity index is 1.15. The number of piperazine rings is 1. The summed E-state index contributed by atoms with van der Waals surface area (Å²) in [7, 11) is 0. The number of anilines is 1. The van der Waals surface area contributed by atoms with Crippen molar-refractivity contribution in [1.29, 1.82) is 0 Å². The van der Waals surface area contributed by atoms with Crippen LogP contribution in [0.1, 0.15) is 39.9 Å². The lowest BCUT2D eigenvalue weighted by Gasteiger charge is -2.29. The molecular weight excluding hydrogens is 430 g/mol. The zero-order valence-corrected chi connectivity index (χ0v) is 19.3. The third kappa shape index (κ3) is 4.69. The molecule has 2 aromatic rings. The molecule has 5 rings (SSSR count). The molecule has 3 aliphatic rings. The van der Waals surface area contributed by atoms with Gasteiger partial charge in [-0.1, -0.05) is 24.3 Å². The van der Waals surface area contributed by atoms with Crippen LogP contribution in [0.15, 0.2) is 42.5 Å². The highest BCUT2D eigenvalue weighted by Crippen LogP contribution is 2.29. The summed E-state index contributed by atoms with van der Waals surface area (Å²) in [5.74, 6) is -0.773. The van der Waals surface area contributed by atoms with Gasteiger partial charge in [-0.25, -0.2) is 0 Å². The Morgan fingerprint density at radius 1 is 1.00 bits per heavy atom. The molecule has 2 saturated heterocycles. The van der Waals surface area contributed by atoms with Crippen molar-refractivity contribution in [3.63, 3.8) is 0 Å². The number of carbonyl (C=O) groups excluding carboxylic acids is 3. The Bertz CT molecular complexity index is 1080. The van der Waals surface area contributed by atoms with E-state index >= 15 is 0 Å². The molecule has 0 saturated carbocycles. The number of hydrogen-bond donors (Lipinski definition) is 3.